The second-order valence-corrected chi connectivity index (χ2v) is 10.7. The Morgan fingerprint density at radius 1 is 1.03 bits per heavy atom. The normalized spacial score (nSPS) is 26.7. The standard InChI is InChI=1S/C21H31N3O4S/c1-29(26,27)19-9-10-20(22-15-19)28-18-7-5-16(6-8-18)21(25)24-13-11-23(12-14-24)17-3-2-4-17/h9-10,15-18H,2-8,11-14H2,1H3. The van der Waals surface area contributed by atoms with Crippen LogP contribution in [0.5, 0.6) is 5.88 Å². The maximum atomic E-state index is 12.9. The maximum absolute atomic E-state index is 12.9. The van der Waals surface area contributed by atoms with Crippen LogP contribution in [0.15, 0.2) is 23.2 Å². The molecule has 0 aromatic carbocycles. The Morgan fingerprint density at radius 3 is 2.24 bits per heavy atom. The number of ether oxygens (including phenoxy) is 1. The molecule has 8 heteroatoms. The van der Waals surface area contributed by atoms with Crippen LogP contribution in [0.1, 0.15) is 44.9 Å². The molecule has 0 N–H and O–H groups in total. The molecule has 2 aliphatic carbocycles. The smallest absolute Gasteiger partial charge is 0.225 e. The molecule has 0 spiro atoms. The van der Waals surface area contributed by atoms with Gasteiger partial charge in [0.25, 0.3) is 0 Å². The highest BCUT2D eigenvalue weighted by Crippen LogP contribution is 2.30. The van der Waals surface area contributed by atoms with Crippen LogP contribution in [0, 0.1) is 5.92 Å². The lowest BCUT2D eigenvalue weighted by Crippen LogP contribution is -2.54. The van der Waals surface area contributed by atoms with Crippen molar-refractivity contribution in [3.05, 3.63) is 18.3 Å². The van der Waals surface area contributed by atoms with Gasteiger partial charge in [-0.05, 0) is 44.6 Å². The molecule has 3 aliphatic rings. The molecule has 1 aromatic rings. The summed E-state index contributed by atoms with van der Waals surface area (Å²) in [4.78, 5) is 21.8. The quantitative estimate of drug-likeness (QED) is 0.725. The number of sulfone groups is 1. The average Bonchev–Trinajstić information content (AvgIpc) is 2.67. The topological polar surface area (TPSA) is 79.8 Å². The van der Waals surface area contributed by atoms with Crippen LogP contribution < -0.4 is 4.74 Å². The average molecular weight is 422 g/mol. The molecule has 7 nitrogen and oxygen atoms in total. The van der Waals surface area contributed by atoms with Gasteiger partial charge >= 0.3 is 0 Å². The van der Waals surface area contributed by atoms with Gasteiger partial charge in [-0.1, -0.05) is 6.42 Å². The number of aromatic nitrogens is 1. The summed E-state index contributed by atoms with van der Waals surface area (Å²) in [5.74, 6) is 0.859. The number of amides is 1. The van der Waals surface area contributed by atoms with Crippen molar-refractivity contribution in [1.29, 1.82) is 0 Å². The van der Waals surface area contributed by atoms with E-state index in [9.17, 15) is 13.2 Å². The van der Waals surface area contributed by atoms with E-state index in [1.54, 1.807) is 6.07 Å². The fourth-order valence-electron chi connectivity index (χ4n) is 4.57. The number of rotatable bonds is 5. The zero-order valence-corrected chi connectivity index (χ0v) is 17.9. The first-order chi connectivity index (χ1) is 13.9. The van der Waals surface area contributed by atoms with Crippen molar-refractivity contribution in [2.45, 2.75) is 62.0 Å². The first-order valence-electron chi connectivity index (χ1n) is 10.8. The third-order valence-electron chi connectivity index (χ3n) is 6.67. The van der Waals surface area contributed by atoms with Crippen LogP contribution in [0.2, 0.25) is 0 Å². The first kappa shape index (κ1) is 20.6. The van der Waals surface area contributed by atoms with Crippen LogP contribution >= 0.6 is 0 Å². The van der Waals surface area contributed by atoms with Crippen molar-refractivity contribution in [2.24, 2.45) is 5.92 Å². The van der Waals surface area contributed by atoms with Crippen molar-refractivity contribution in [3.63, 3.8) is 0 Å². The number of carbonyl (C=O) groups excluding carboxylic acids is 1. The van der Waals surface area contributed by atoms with Gasteiger partial charge in [0.2, 0.25) is 11.8 Å². The molecule has 2 heterocycles. The number of piperazine rings is 1. The Kier molecular flexibility index (Phi) is 6.11. The highest BCUT2D eigenvalue weighted by atomic mass is 32.2. The van der Waals surface area contributed by atoms with Gasteiger partial charge in [0.15, 0.2) is 9.84 Å². The molecular weight excluding hydrogens is 390 g/mol. The van der Waals surface area contributed by atoms with Gasteiger partial charge in [0.1, 0.15) is 6.10 Å². The summed E-state index contributed by atoms with van der Waals surface area (Å²) in [5.41, 5.74) is 0. The van der Waals surface area contributed by atoms with Crippen LogP contribution in [0.25, 0.3) is 0 Å². The maximum Gasteiger partial charge on any atom is 0.225 e. The van der Waals surface area contributed by atoms with Gasteiger partial charge < -0.3 is 9.64 Å². The number of hydrogen-bond donors (Lipinski definition) is 0. The SMILES string of the molecule is CS(=O)(=O)c1ccc(OC2CCC(C(=O)N3CCN(C4CCC4)CC3)CC2)nc1. The second-order valence-electron chi connectivity index (χ2n) is 8.64. The Hall–Kier alpha value is -1.67. The van der Waals surface area contributed by atoms with E-state index in [0.717, 1.165) is 64.2 Å². The summed E-state index contributed by atoms with van der Waals surface area (Å²) in [6, 6.07) is 3.89. The lowest BCUT2D eigenvalue weighted by atomic mass is 9.86. The number of carbonyl (C=O) groups is 1. The minimum absolute atomic E-state index is 0.0334. The van der Waals surface area contributed by atoms with Crippen molar-refractivity contribution >= 4 is 15.7 Å². The molecule has 0 unspecified atom stereocenters. The third-order valence-corrected chi connectivity index (χ3v) is 7.76. The molecule has 3 fully saturated rings. The molecule has 29 heavy (non-hydrogen) atoms. The molecule has 1 saturated heterocycles. The molecule has 0 radical (unpaired) electrons. The molecule has 0 bridgehead atoms. The molecule has 1 amide bonds. The predicted molar refractivity (Wildman–Crippen MR) is 110 cm³/mol. The summed E-state index contributed by atoms with van der Waals surface area (Å²) < 4.78 is 28.9. The van der Waals surface area contributed by atoms with Gasteiger partial charge in [-0.25, -0.2) is 13.4 Å². The van der Waals surface area contributed by atoms with Crippen molar-refractivity contribution in [1.82, 2.24) is 14.8 Å². The molecular formula is C21H31N3O4S. The summed E-state index contributed by atoms with van der Waals surface area (Å²) >= 11 is 0. The third kappa shape index (κ3) is 4.91. The van der Waals surface area contributed by atoms with E-state index in [-0.39, 0.29) is 16.9 Å². The van der Waals surface area contributed by atoms with E-state index in [1.807, 2.05) is 0 Å². The molecule has 0 atom stereocenters. The summed E-state index contributed by atoms with van der Waals surface area (Å²) in [7, 11) is -3.25. The second kappa shape index (κ2) is 8.60. The first-order valence-corrected chi connectivity index (χ1v) is 12.6. The van der Waals surface area contributed by atoms with E-state index >= 15 is 0 Å². The van der Waals surface area contributed by atoms with Crippen LogP contribution in [-0.2, 0) is 14.6 Å². The minimum Gasteiger partial charge on any atom is -0.474 e. The number of hydrogen-bond acceptors (Lipinski definition) is 6. The minimum atomic E-state index is -3.25. The fourth-order valence-corrected chi connectivity index (χ4v) is 5.13. The Bertz CT molecular complexity index is 807. The number of pyridine rings is 1. The summed E-state index contributed by atoms with van der Waals surface area (Å²) in [6.07, 6.45) is 9.87. The van der Waals surface area contributed by atoms with Crippen molar-refractivity contribution < 1.29 is 17.9 Å². The predicted octanol–water partition coefficient (Wildman–Crippen LogP) is 2.12. The Labute approximate surface area is 173 Å². The van der Waals surface area contributed by atoms with E-state index in [2.05, 4.69) is 14.8 Å². The van der Waals surface area contributed by atoms with E-state index < -0.39 is 9.84 Å². The molecule has 1 aliphatic heterocycles. The number of nitrogens with zero attached hydrogens (tertiary/aromatic N) is 3. The van der Waals surface area contributed by atoms with Gasteiger partial charge in [-0.15, -0.1) is 0 Å². The lowest BCUT2D eigenvalue weighted by Gasteiger charge is -2.43. The van der Waals surface area contributed by atoms with E-state index in [1.165, 1.54) is 31.5 Å². The van der Waals surface area contributed by atoms with Gasteiger partial charge in [0, 0.05) is 56.7 Å². The van der Waals surface area contributed by atoms with E-state index in [0.29, 0.717) is 11.8 Å². The zero-order valence-electron chi connectivity index (χ0n) is 17.1. The highest BCUT2D eigenvalue weighted by molar-refractivity contribution is 7.90. The lowest BCUT2D eigenvalue weighted by molar-refractivity contribution is -0.139. The van der Waals surface area contributed by atoms with Gasteiger partial charge in [-0.2, -0.15) is 0 Å². The molecule has 1 aromatic heterocycles. The zero-order chi connectivity index (χ0) is 20.4. The Morgan fingerprint density at radius 2 is 1.72 bits per heavy atom. The van der Waals surface area contributed by atoms with E-state index in [4.69, 9.17) is 4.74 Å². The van der Waals surface area contributed by atoms with Crippen LogP contribution in [-0.4, -0.2) is 73.7 Å². The fraction of sp³-hybridized carbons (Fsp3) is 0.714. The Balaban J connectivity index is 1.22. The monoisotopic (exact) mass is 421 g/mol. The molecule has 4 rings (SSSR count). The van der Waals surface area contributed by atoms with Crippen LogP contribution in [0.3, 0.4) is 0 Å². The highest BCUT2D eigenvalue weighted by Gasteiger charge is 2.34. The largest absolute Gasteiger partial charge is 0.474 e. The van der Waals surface area contributed by atoms with Gasteiger partial charge in [-0.3, -0.25) is 9.69 Å². The summed E-state index contributed by atoms with van der Waals surface area (Å²) in [6.45, 7) is 3.76. The van der Waals surface area contributed by atoms with Crippen molar-refractivity contribution in [3.8, 4) is 5.88 Å². The summed E-state index contributed by atoms with van der Waals surface area (Å²) in [5, 5.41) is 0. The van der Waals surface area contributed by atoms with Crippen molar-refractivity contribution in [2.75, 3.05) is 32.4 Å². The van der Waals surface area contributed by atoms with Gasteiger partial charge in [0.05, 0.1) is 4.90 Å². The van der Waals surface area contributed by atoms with Crippen LogP contribution in [0.4, 0.5) is 0 Å². The molecule has 160 valence electrons. The molecule has 2 saturated carbocycles.